The number of halogens is 2. The maximum Gasteiger partial charge on any atom is 0.0505 e. The van der Waals surface area contributed by atoms with Gasteiger partial charge in [0.1, 0.15) is 0 Å². The summed E-state index contributed by atoms with van der Waals surface area (Å²) in [6.07, 6.45) is 30.7. The van der Waals surface area contributed by atoms with Crippen molar-refractivity contribution in [2.45, 2.75) is 161 Å². The average molecular weight is 676 g/mol. The predicted molar refractivity (Wildman–Crippen MR) is 187 cm³/mol. The molecule has 0 radical (unpaired) electrons. The summed E-state index contributed by atoms with van der Waals surface area (Å²) in [7, 11) is 0. The van der Waals surface area contributed by atoms with E-state index >= 15 is 0 Å². The molecule has 0 saturated carbocycles. The van der Waals surface area contributed by atoms with E-state index in [9.17, 15) is 0 Å². The largest absolute Gasteiger partial charge is 0.337 e. The number of fused-ring (bicyclic) bond motifs is 3. The van der Waals surface area contributed by atoms with Crippen LogP contribution >= 0.6 is 31.9 Å². The molecule has 3 aromatic rings. The number of hydrogen-bond acceptors (Lipinski definition) is 0. The Morgan fingerprint density at radius 3 is 1.15 bits per heavy atom. The molecule has 0 atom stereocenters. The van der Waals surface area contributed by atoms with Gasteiger partial charge in [-0.2, -0.15) is 0 Å². The van der Waals surface area contributed by atoms with E-state index in [1.54, 1.807) is 0 Å². The molecule has 0 aliphatic carbocycles. The van der Waals surface area contributed by atoms with Crippen LogP contribution in [0, 0.1) is 0 Å². The van der Waals surface area contributed by atoms with Gasteiger partial charge in [-0.1, -0.05) is 186 Å². The van der Waals surface area contributed by atoms with Gasteiger partial charge in [0.05, 0.1) is 11.0 Å². The fourth-order valence-corrected chi connectivity index (χ4v) is 7.22. The molecule has 224 valence electrons. The first-order chi connectivity index (χ1) is 19.7. The first-order valence-electron chi connectivity index (χ1n) is 17.0. The van der Waals surface area contributed by atoms with E-state index in [2.05, 4.69) is 86.7 Å². The highest BCUT2D eigenvalue weighted by Crippen LogP contribution is 2.38. The van der Waals surface area contributed by atoms with Gasteiger partial charge in [0.2, 0.25) is 0 Å². The van der Waals surface area contributed by atoms with Crippen molar-refractivity contribution in [3.8, 4) is 0 Å². The topological polar surface area (TPSA) is 4.93 Å². The third kappa shape index (κ3) is 11.5. The summed E-state index contributed by atoms with van der Waals surface area (Å²) in [6.45, 7) is 4.61. The summed E-state index contributed by atoms with van der Waals surface area (Å²) in [5, 5.41) is 2.78. The molecule has 1 aromatic heterocycles. The first-order valence-corrected chi connectivity index (χ1v) is 18.6. The fraction of sp³-hybridized carbons (Fsp3) is 0.676. The van der Waals surface area contributed by atoms with E-state index in [-0.39, 0.29) is 0 Å². The van der Waals surface area contributed by atoms with Crippen molar-refractivity contribution in [3.63, 3.8) is 0 Å². The van der Waals surface area contributed by atoms with Gasteiger partial charge in [-0.15, -0.1) is 0 Å². The van der Waals surface area contributed by atoms with Crippen molar-refractivity contribution in [1.29, 1.82) is 0 Å². The van der Waals surface area contributed by atoms with Crippen molar-refractivity contribution < 1.29 is 0 Å². The Labute approximate surface area is 263 Å². The Bertz CT molecular complexity index is 1000. The molecule has 0 saturated heterocycles. The maximum absolute atomic E-state index is 3.78. The molecule has 0 fully saturated rings. The number of hydrogen-bond donors (Lipinski definition) is 0. The summed E-state index contributed by atoms with van der Waals surface area (Å²) in [6, 6.07) is 14.3. The second-order valence-corrected chi connectivity index (χ2v) is 14.1. The van der Waals surface area contributed by atoms with Crippen LogP contribution in [-0.2, 0) is 0 Å². The van der Waals surface area contributed by atoms with E-state index < -0.39 is 0 Å². The summed E-state index contributed by atoms with van der Waals surface area (Å²) in [5.41, 5.74) is 2.79. The number of benzene rings is 2. The highest BCUT2D eigenvalue weighted by Gasteiger charge is 2.19. The third-order valence-corrected chi connectivity index (χ3v) is 9.86. The number of aromatic nitrogens is 1. The molecule has 1 nitrogen and oxygen atoms in total. The monoisotopic (exact) mass is 673 g/mol. The average Bonchev–Trinajstić information content (AvgIpc) is 3.26. The lowest BCUT2D eigenvalue weighted by Crippen LogP contribution is -2.09. The Morgan fingerprint density at radius 2 is 0.800 bits per heavy atom. The van der Waals surface area contributed by atoms with Crippen molar-refractivity contribution in [2.24, 2.45) is 0 Å². The van der Waals surface area contributed by atoms with Gasteiger partial charge in [-0.05, 0) is 37.1 Å². The molecule has 0 N–H and O–H groups in total. The summed E-state index contributed by atoms with van der Waals surface area (Å²) < 4.78 is 5.07. The number of unbranched alkanes of at least 4 members (excludes halogenated alkanes) is 18. The van der Waals surface area contributed by atoms with E-state index in [0.29, 0.717) is 6.04 Å². The van der Waals surface area contributed by atoms with E-state index in [4.69, 9.17) is 0 Å². The van der Waals surface area contributed by atoms with Crippen LogP contribution in [0.1, 0.15) is 161 Å². The molecule has 3 heteroatoms. The van der Waals surface area contributed by atoms with Crippen LogP contribution in [0.2, 0.25) is 0 Å². The van der Waals surface area contributed by atoms with Gasteiger partial charge in [0.25, 0.3) is 0 Å². The minimum atomic E-state index is 0.576. The lowest BCUT2D eigenvalue weighted by atomic mass is 9.99. The van der Waals surface area contributed by atoms with Crippen molar-refractivity contribution >= 4 is 53.7 Å². The molecule has 0 bridgehead atoms. The Hall–Kier alpha value is -0.800. The fourth-order valence-electron chi connectivity index (χ4n) is 6.52. The predicted octanol–water partition coefficient (Wildman–Crippen LogP) is 14.5. The molecule has 0 unspecified atom stereocenters. The van der Waals surface area contributed by atoms with Gasteiger partial charge in [0.15, 0.2) is 0 Å². The standard InChI is InChI=1S/C37H57Br2N/c1-3-5-7-9-11-13-15-17-19-21-23-33(24-22-20-18-16-14-12-10-8-6-4-2)40-36-29-31(38)25-27-34(36)35-28-26-32(39)30-37(35)40/h25-30,33H,3-24H2,1-2H3. The van der Waals surface area contributed by atoms with E-state index in [1.807, 2.05) is 0 Å². The molecular formula is C37H57Br2N. The Balaban J connectivity index is 1.59. The second-order valence-electron chi connectivity index (χ2n) is 12.3. The van der Waals surface area contributed by atoms with Crippen molar-refractivity contribution in [1.82, 2.24) is 4.57 Å². The van der Waals surface area contributed by atoms with Crippen molar-refractivity contribution in [2.75, 3.05) is 0 Å². The third-order valence-electron chi connectivity index (χ3n) is 8.88. The molecule has 0 aliphatic rings. The van der Waals surface area contributed by atoms with Crippen LogP contribution in [0.5, 0.6) is 0 Å². The van der Waals surface area contributed by atoms with Gasteiger partial charge < -0.3 is 4.57 Å². The smallest absolute Gasteiger partial charge is 0.0505 e. The van der Waals surface area contributed by atoms with Crippen LogP contribution in [0.15, 0.2) is 45.3 Å². The van der Waals surface area contributed by atoms with Crippen molar-refractivity contribution in [3.05, 3.63) is 45.3 Å². The van der Waals surface area contributed by atoms with Crippen LogP contribution in [0.3, 0.4) is 0 Å². The van der Waals surface area contributed by atoms with Gasteiger partial charge in [0, 0.05) is 25.8 Å². The molecule has 0 aliphatic heterocycles. The minimum Gasteiger partial charge on any atom is -0.337 e. The lowest BCUT2D eigenvalue weighted by Gasteiger charge is -2.22. The molecule has 0 spiro atoms. The lowest BCUT2D eigenvalue weighted by molar-refractivity contribution is 0.409. The number of rotatable bonds is 23. The second kappa shape index (κ2) is 20.2. The van der Waals surface area contributed by atoms with Crippen LogP contribution in [0.4, 0.5) is 0 Å². The molecule has 0 amide bonds. The van der Waals surface area contributed by atoms with Gasteiger partial charge in [-0.3, -0.25) is 0 Å². The maximum atomic E-state index is 3.78. The summed E-state index contributed by atoms with van der Waals surface area (Å²) in [5.74, 6) is 0. The first kappa shape index (κ1) is 33.7. The Kier molecular flexibility index (Phi) is 17.0. The van der Waals surface area contributed by atoms with E-state index in [0.717, 1.165) is 0 Å². The zero-order chi connectivity index (χ0) is 28.4. The van der Waals surface area contributed by atoms with Crippen LogP contribution < -0.4 is 0 Å². The normalized spacial score (nSPS) is 11.9. The zero-order valence-electron chi connectivity index (χ0n) is 25.8. The minimum absolute atomic E-state index is 0.576. The molecular weight excluding hydrogens is 618 g/mol. The molecule has 3 rings (SSSR count). The summed E-state index contributed by atoms with van der Waals surface area (Å²) in [4.78, 5) is 0. The van der Waals surface area contributed by atoms with Crippen LogP contribution in [-0.4, -0.2) is 4.57 Å². The SMILES string of the molecule is CCCCCCCCCCCCC(CCCCCCCCCCCC)n1c2cc(Br)ccc2c2ccc(Br)cc21. The van der Waals surface area contributed by atoms with Gasteiger partial charge >= 0.3 is 0 Å². The van der Waals surface area contributed by atoms with Crippen LogP contribution in [0.25, 0.3) is 21.8 Å². The van der Waals surface area contributed by atoms with E-state index in [1.165, 1.54) is 172 Å². The van der Waals surface area contributed by atoms with Gasteiger partial charge in [-0.25, -0.2) is 0 Å². The summed E-state index contributed by atoms with van der Waals surface area (Å²) >= 11 is 7.56. The molecule has 1 heterocycles. The highest BCUT2D eigenvalue weighted by atomic mass is 79.9. The molecule has 40 heavy (non-hydrogen) atoms. The zero-order valence-corrected chi connectivity index (χ0v) is 29.0. The highest BCUT2D eigenvalue weighted by molar-refractivity contribution is 9.10. The quantitative estimate of drug-likeness (QED) is 0.0882. The Morgan fingerprint density at radius 1 is 0.475 bits per heavy atom. The molecule has 2 aromatic carbocycles. The number of nitrogens with zero attached hydrogens (tertiary/aromatic N) is 1.